The third kappa shape index (κ3) is 2.29. The van der Waals surface area contributed by atoms with Crippen LogP contribution in [-0.2, 0) is 0 Å². The van der Waals surface area contributed by atoms with Gasteiger partial charge in [0.2, 0.25) is 0 Å². The van der Waals surface area contributed by atoms with Gasteiger partial charge >= 0.3 is 0 Å². The largest absolute Gasteiger partial charge is 0.278 e. The molecule has 3 nitrogen and oxygen atoms in total. The molecule has 1 aromatic carbocycles. The Balaban J connectivity index is 1.88. The average Bonchev–Trinajstić information content (AvgIpc) is 3.23. The van der Waals surface area contributed by atoms with Crippen LogP contribution < -0.4 is 0 Å². The van der Waals surface area contributed by atoms with E-state index < -0.39 is 0 Å². The molecule has 0 aliphatic rings. The van der Waals surface area contributed by atoms with Gasteiger partial charge in [0, 0.05) is 34.4 Å². The van der Waals surface area contributed by atoms with Gasteiger partial charge in [-0.3, -0.25) is 9.55 Å². The van der Waals surface area contributed by atoms with Gasteiger partial charge in [-0.25, -0.2) is 4.98 Å². The molecule has 0 saturated heterocycles. The number of benzene rings is 1. The maximum atomic E-state index is 4.90. The lowest BCUT2D eigenvalue weighted by Gasteiger charge is -2.06. The highest BCUT2D eigenvalue weighted by Gasteiger charge is 2.10. The van der Waals surface area contributed by atoms with E-state index in [9.17, 15) is 0 Å². The Hall–Kier alpha value is -3.16. The van der Waals surface area contributed by atoms with Crippen molar-refractivity contribution in [2.45, 2.75) is 13.8 Å². The molecule has 0 unspecified atom stereocenters. The number of rotatable bonds is 0. The van der Waals surface area contributed by atoms with Crippen molar-refractivity contribution in [3.8, 4) is 12.0 Å². The highest BCUT2D eigenvalue weighted by Crippen LogP contribution is 2.30. The minimum absolute atomic E-state index is 0.936. The smallest absolute Gasteiger partial charge is 0.0875 e. The van der Waals surface area contributed by atoms with Crippen molar-refractivity contribution in [2.75, 3.05) is 0 Å². The van der Waals surface area contributed by atoms with E-state index in [1.807, 2.05) is 16.8 Å². The first-order valence-electron chi connectivity index (χ1n) is 8.43. The lowest BCUT2D eigenvalue weighted by atomic mass is 10.0. The fourth-order valence-corrected chi connectivity index (χ4v) is 4.09. The van der Waals surface area contributed by atoms with Crippen LogP contribution in [0.5, 0.6) is 0 Å². The lowest BCUT2D eigenvalue weighted by Crippen LogP contribution is -1.95. The van der Waals surface area contributed by atoms with Crippen molar-refractivity contribution in [2.24, 2.45) is 0 Å². The summed E-state index contributed by atoms with van der Waals surface area (Å²) >= 11 is 1.71. The first-order chi connectivity index (χ1) is 12.7. The maximum absolute atomic E-state index is 4.90. The van der Waals surface area contributed by atoms with E-state index in [2.05, 4.69) is 72.6 Å². The molecule has 0 aliphatic heterocycles. The van der Waals surface area contributed by atoms with Gasteiger partial charge < -0.3 is 0 Å². The van der Waals surface area contributed by atoms with Crippen LogP contribution in [0, 0.1) is 25.8 Å². The summed E-state index contributed by atoms with van der Waals surface area (Å²) in [6.45, 7) is 4.13. The molecule has 4 aromatic heterocycles. The van der Waals surface area contributed by atoms with Crippen LogP contribution >= 0.6 is 11.3 Å². The Bertz CT molecular complexity index is 1340. The molecule has 124 valence electrons. The SMILES string of the molecule is Cc1ccc(C)n1C#Cc1c2cccnc2cc2cc3sccc3nc12. The first-order valence-corrected chi connectivity index (χ1v) is 9.31. The van der Waals surface area contributed by atoms with E-state index in [1.165, 1.54) is 4.70 Å². The minimum atomic E-state index is 0.936. The second-order valence-electron chi connectivity index (χ2n) is 6.37. The van der Waals surface area contributed by atoms with Crippen LogP contribution in [-0.4, -0.2) is 14.5 Å². The van der Waals surface area contributed by atoms with E-state index in [4.69, 9.17) is 4.98 Å². The molecule has 5 rings (SSSR count). The van der Waals surface area contributed by atoms with Crippen molar-refractivity contribution in [1.29, 1.82) is 0 Å². The number of aromatic nitrogens is 3. The molecule has 0 saturated carbocycles. The first kappa shape index (κ1) is 15.1. The number of hydrogen-bond acceptors (Lipinski definition) is 3. The zero-order valence-corrected chi connectivity index (χ0v) is 15.3. The molecule has 26 heavy (non-hydrogen) atoms. The van der Waals surface area contributed by atoms with Gasteiger partial charge in [0.1, 0.15) is 0 Å². The van der Waals surface area contributed by atoms with Gasteiger partial charge in [-0.1, -0.05) is 0 Å². The average molecular weight is 353 g/mol. The molecule has 0 amide bonds. The van der Waals surface area contributed by atoms with Gasteiger partial charge in [0.25, 0.3) is 0 Å². The van der Waals surface area contributed by atoms with Crippen LogP contribution in [0.3, 0.4) is 0 Å². The van der Waals surface area contributed by atoms with E-state index in [-0.39, 0.29) is 0 Å². The fraction of sp³-hybridized carbons (Fsp3) is 0.0909. The molecule has 0 fully saturated rings. The topological polar surface area (TPSA) is 30.7 Å². The Labute approximate surface area is 154 Å². The zero-order valence-electron chi connectivity index (χ0n) is 14.4. The van der Waals surface area contributed by atoms with Crippen molar-refractivity contribution >= 4 is 43.4 Å². The van der Waals surface area contributed by atoms with Gasteiger partial charge in [0.05, 0.1) is 26.8 Å². The summed E-state index contributed by atoms with van der Waals surface area (Å²) in [7, 11) is 0. The summed E-state index contributed by atoms with van der Waals surface area (Å²) in [6.07, 6.45) is 1.82. The molecule has 4 heteroatoms. The molecule has 0 spiro atoms. The van der Waals surface area contributed by atoms with Crippen molar-refractivity contribution in [3.05, 3.63) is 71.0 Å². The van der Waals surface area contributed by atoms with Crippen molar-refractivity contribution < 1.29 is 0 Å². The Morgan fingerprint density at radius 3 is 2.69 bits per heavy atom. The zero-order chi connectivity index (χ0) is 17.7. The minimum Gasteiger partial charge on any atom is -0.278 e. The number of pyridine rings is 2. The number of thiophene rings is 1. The maximum Gasteiger partial charge on any atom is 0.0875 e. The standard InChI is InChI=1S/C22H15N3S/c1-14-5-6-15(2)25(14)10-7-18-17-4-3-9-23-20(17)12-16-13-21-19(8-11-26-21)24-22(16)18/h3-6,8-9,11-13H,1-2H3. The van der Waals surface area contributed by atoms with Gasteiger partial charge in [-0.15, -0.1) is 11.3 Å². The van der Waals surface area contributed by atoms with Crippen LogP contribution in [0.4, 0.5) is 0 Å². The summed E-state index contributed by atoms with van der Waals surface area (Å²) < 4.78 is 3.20. The molecular weight excluding hydrogens is 338 g/mol. The Kier molecular flexibility index (Phi) is 3.31. The summed E-state index contributed by atoms with van der Waals surface area (Å²) in [5, 5.41) is 4.19. The molecule has 0 radical (unpaired) electrons. The van der Waals surface area contributed by atoms with Crippen LogP contribution in [0.1, 0.15) is 17.0 Å². The van der Waals surface area contributed by atoms with Gasteiger partial charge in [0.15, 0.2) is 0 Å². The number of nitrogens with zero attached hydrogens (tertiary/aromatic N) is 3. The normalized spacial score (nSPS) is 11.2. The summed E-state index contributed by atoms with van der Waals surface area (Å²) in [6, 6.07) is 17.8. The third-order valence-corrected chi connectivity index (χ3v) is 5.52. The van der Waals surface area contributed by atoms with Crippen molar-refractivity contribution in [3.63, 3.8) is 0 Å². The second-order valence-corrected chi connectivity index (χ2v) is 7.32. The van der Waals surface area contributed by atoms with Crippen LogP contribution in [0.15, 0.2) is 54.0 Å². The number of aryl methyl sites for hydroxylation is 2. The lowest BCUT2D eigenvalue weighted by molar-refractivity contribution is 1.01. The van der Waals surface area contributed by atoms with Gasteiger partial charge in [-0.05, 0) is 67.6 Å². The predicted octanol–water partition coefficient (Wildman–Crippen LogP) is 5.27. The van der Waals surface area contributed by atoms with Gasteiger partial charge in [-0.2, -0.15) is 0 Å². The molecule has 5 aromatic rings. The summed E-state index contributed by atoms with van der Waals surface area (Å²) in [4.78, 5) is 9.44. The summed E-state index contributed by atoms with van der Waals surface area (Å²) in [5.74, 6) is 3.39. The molecule has 0 atom stereocenters. The monoisotopic (exact) mass is 353 g/mol. The van der Waals surface area contributed by atoms with E-state index in [0.29, 0.717) is 0 Å². The van der Waals surface area contributed by atoms with Crippen molar-refractivity contribution in [1.82, 2.24) is 14.5 Å². The molecule has 0 aliphatic carbocycles. The van der Waals surface area contributed by atoms with E-state index in [1.54, 1.807) is 11.3 Å². The predicted molar refractivity (Wildman–Crippen MR) is 109 cm³/mol. The third-order valence-electron chi connectivity index (χ3n) is 4.67. The molecule has 0 bridgehead atoms. The summed E-state index contributed by atoms with van der Waals surface area (Å²) in [5.41, 5.74) is 6.10. The molecular formula is C22H15N3S. The van der Waals surface area contributed by atoms with Crippen LogP contribution in [0.25, 0.3) is 32.0 Å². The number of hydrogen-bond donors (Lipinski definition) is 0. The molecule has 4 heterocycles. The molecule has 0 N–H and O–H groups in total. The van der Waals surface area contributed by atoms with E-state index >= 15 is 0 Å². The fourth-order valence-electron chi connectivity index (χ4n) is 3.32. The van der Waals surface area contributed by atoms with E-state index in [0.717, 1.165) is 44.3 Å². The highest BCUT2D eigenvalue weighted by atomic mass is 32.1. The Morgan fingerprint density at radius 1 is 1.00 bits per heavy atom. The second kappa shape index (κ2) is 5.69. The van der Waals surface area contributed by atoms with Crippen LogP contribution in [0.2, 0.25) is 0 Å². The highest BCUT2D eigenvalue weighted by molar-refractivity contribution is 7.17. The number of fused-ring (bicyclic) bond motifs is 3. The Morgan fingerprint density at radius 2 is 1.85 bits per heavy atom. The quantitative estimate of drug-likeness (QED) is 0.280.